The Bertz CT molecular complexity index is 463. The second-order valence-corrected chi connectivity index (χ2v) is 3.94. The van der Waals surface area contributed by atoms with E-state index in [9.17, 15) is 4.79 Å². The van der Waals surface area contributed by atoms with Crippen molar-refractivity contribution in [2.45, 2.75) is 0 Å². The highest BCUT2D eigenvalue weighted by Gasteiger charge is 2.08. The monoisotopic (exact) mass is 270 g/mol. The van der Waals surface area contributed by atoms with Gasteiger partial charge in [-0.3, -0.25) is 0 Å². The molecule has 3 N–H and O–H groups in total. The van der Waals surface area contributed by atoms with Crippen molar-refractivity contribution in [1.29, 1.82) is 0 Å². The van der Waals surface area contributed by atoms with E-state index < -0.39 is 5.97 Å². The highest BCUT2D eigenvalue weighted by Crippen LogP contribution is 2.20. The molecule has 0 spiro atoms. The van der Waals surface area contributed by atoms with Gasteiger partial charge in [0, 0.05) is 12.2 Å². The largest absolute Gasteiger partial charge is 0.478 e. The van der Waals surface area contributed by atoms with Gasteiger partial charge in [0.25, 0.3) is 0 Å². The number of carbonyl (C=O) groups is 1. The summed E-state index contributed by atoms with van der Waals surface area (Å²) >= 11 is 10.8. The molecule has 0 bridgehead atoms. The van der Waals surface area contributed by atoms with E-state index in [4.69, 9.17) is 28.9 Å². The van der Waals surface area contributed by atoms with Crippen molar-refractivity contribution >= 4 is 40.6 Å². The number of carboxylic acid groups (broad SMARTS) is 1. The van der Waals surface area contributed by atoms with Gasteiger partial charge in [-0.2, -0.15) is 0 Å². The number of thiocarbonyl (C=S) groups is 1. The lowest BCUT2D eigenvalue weighted by atomic mass is 10.2. The number of aromatic carboxylic acids is 1. The molecule has 0 aliphatic carbocycles. The lowest BCUT2D eigenvalue weighted by molar-refractivity contribution is 0.0697. The summed E-state index contributed by atoms with van der Waals surface area (Å²) < 4.78 is 0. The summed E-state index contributed by atoms with van der Waals surface area (Å²) in [6, 6.07) is 4.52. The Balaban J connectivity index is 2.74. The zero-order chi connectivity index (χ0) is 12.8. The summed E-state index contributed by atoms with van der Waals surface area (Å²) in [4.78, 5) is 10.7. The van der Waals surface area contributed by atoms with Crippen LogP contribution in [0.2, 0.25) is 5.02 Å². The van der Waals surface area contributed by atoms with Gasteiger partial charge in [-0.05, 0) is 30.4 Å². The van der Waals surface area contributed by atoms with Crippen LogP contribution < -0.4 is 10.6 Å². The van der Waals surface area contributed by atoms with E-state index in [2.05, 4.69) is 17.2 Å². The first kappa shape index (κ1) is 13.5. The van der Waals surface area contributed by atoms with Crippen molar-refractivity contribution in [3.8, 4) is 0 Å². The number of nitrogens with one attached hydrogen (secondary N) is 2. The molecule has 0 amide bonds. The average molecular weight is 271 g/mol. The molecule has 0 fully saturated rings. The van der Waals surface area contributed by atoms with Crippen molar-refractivity contribution in [3.05, 3.63) is 41.4 Å². The average Bonchev–Trinajstić information content (AvgIpc) is 2.26. The minimum Gasteiger partial charge on any atom is -0.478 e. The molecule has 4 nitrogen and oxygen atoms in total. The van der Waals surface area contributed by atoms with Gasteiger partial charge in [0.1, 0.15) is 0 Å². The smallest absolute Gasteiger partial charge is 0.337 e. The summed E-state index contributed by atoms with van der Waals surface area (Å²) in [5.41, 5.74) is 0.684. The Kier molecular flexibility index (Phi) is 4.93. The van der Waals surface area contributed by atoms with Crippen LogP contribution in [0.1, 0.15) is 10.4 Å². The molecule has 1 aromatic rings. The van der Waals surface area contributed by atoms with Gasteiger partial charge in [0.15, 0.2) is 5.11 Å². The van der Waals surface area contributed by atoms with Crippen LogP contribution in [0, 0.1) is 0 Å². The fourth-order valence-corrected chi connectivity index (χ4v) is 1.57. The van der Waals surface area contributed by atoms with Gasteiger partial charge in [0.05, 0.1) is 10.6 Å². The van der Waals surface area contributed by atoms with Crippen LogP contribution in [-0.4, -0.2) is 22.7 Å². The van der Waals surface area contributed by atoms with E-state index in [1.807, 2.05) is 0 Å². The van der Waals surface area contributed by atoms with Gasteiger partial charge >= 0.3 is 5.97 Å². The summed E-state index contributed by atoms with van der Waals surface area (Å²) in [7, 11) is 0. The van der Waals surface area contributed by atoms with E-state index >= 15 is 0 Å². The number of rotatable bonds is 4. The molecule has 1 aromatic carbocycles. The van der Waals surface area contributed by atoms with E-state index in [-0.39, 0.29) is 10.6 Å². The maximum absolute atomic E-state index is 10.7. The summed E-state index contributed by atoms with van der Waals surface area (Å²) in [5, 5.41) is 15.1. The molecule has 0 saturated heterocycles. The van der Waals surface area contributed by atoms with Crippen LogP contribution in [0.25, 0.3) is 0 Å². The van der Waals surface area contributed by atoms with Crippen LogP contribution in [0.15, 0.2) is 30.9 Å². The number of carboxylic acids is 1. The molecule has 90 valence electrons. The zero-order valence-corrected chi connectivity index (χ0v) is 10.4. The zero-order valence-electron chi connectivity index (χ0n) is 8.87. The number of benzene rings is 1. The van der Waals surface area contributed by atoms with Gasteiger partial charge in [0.2, 0.25) is 0 Å². The van der Waals surface area contributed by atoms with E-state index in [1.54, 1.807) is 12.1 Å². The number of hydrogen-bond acceptors (Lipinski definition) is 2. The molecule has 17 heavy (non-hydrogen) atoms. The second kappa shape index (κ2) is 6.22. The van der Waals surface area contributed by atoms with Crippen LogP contribution >= 0.6 is 23.8 Å². The molecule has 0 saturated carbocycles. The molecular weight excluding hydrogens is 260 g/mol. The lowest BCUT2D eigenvalue weighted by Crippen LogP contribution is -2.28. The normalized spacial score (nSPS) is 9.47. The Morgan fingerprint density at radius 2 is 2.29 bits per heavy atom. The van der Waals surface area contributed by atoms with Gasteiger partial charge in [-0.15, -0.1) is 6.58 Å². The van der Waals surface area contributed by atoms with Crippen molar-refractivity contribution in [2.75, 3.05) is 11.9 Å². The lowest BCUT2D eigenvalue weighted by Gasteiger charge is -2.09. The third-order valence-electron chi connectivity index (χ3n) is 1.86. The predicted octanol–water partition coefficient (Wildman–Crippen LogP) is 2.51. The van der Waals surface area contributed by atoms with Crippen molar-refractivity contribution < 1.29 is 9.90 Å². The van der Waals surface area contributed by atoms with Crippen molar-refractivity contribution in [3.63, 3.8) is 0 Å². The standard InChI is InChI=1S/C11H11ClN2O2S/c1-2-5-13-11(17)14-7-3-4-8(10(15)16)9(12)6-7/h2-4,6H,1,5H2,(H,15,16)(H2,13,14,17). The maximum atomic E-state index is 10.7. The molecule has 0 atom stereocenters. The van der Waals surface area contributed by atoms with Crippen molar-refractivity contribution in [2.24, 2.45) is 0 Å². The molecule has 0 aliphatic rings. The minimum absolute atomic E-state index is 0.0576. The molecule has 0 aromatic heterocycles. The predicted molar refractivity (Wildman–Crippen MR) is 72.8 cm³/mol. The summed E-state index contributed by atoms with van der Waals surface area (Å²) in [5.74, 6) is -1.06. The summed E-state index contributed by atoms with van der Waals surface area (Å²) in [6.45, 7) is 4.10. The SMILES string of the molecule is C=CCNC(=S)Nc1ccc(C(=O)O)c(Cl)c1. The summed E-state index contributed by atoms with van der Waals surface area (Å²) in [6.07, 6.45) is 1.68. The van der Waals surface area contributed by atoms with Gasteiger partial charge < -0.3 is 15.7 Å². The van der Waals surface area contributed by atoms with E-state index in [0.29, 0.717) is 17.3 Å². The highest BCUT2D eigenvalue weighted by molar-refractivity contribution is 7.80. The Morgan fingerprint density at radius 3 is 2.82 bits per heavy atom. The molecule has 0 unspecified atom stereocenters. The fraction of sp³-hybridized carbons (Fsp3) is 0.0909. The number of anilines is 1. The van der Waals surface area contributed by atoms with E-state index in [1.165, 1.54) is 12.1 Å². The third kappa shape index (κ3) is 4.05. The molecule has 6 heteroatoms. The quantitative estimate of drug-likeness (QED) is 0.580. The molecule has 1 rings (SSSR count). The van der Waals surface area contributed by atoms with Crippen LogP contribution in [0.3, 0.4) is 0 Å². The van der Waals surface area contributed by atoms with Gasteiger partial charge in [-0.1, -0.05) is 17.7 Å². The molecule has 0 aliphatic heterocycles. The molecular formula is C11H11ClN2O2S. The Labute approximate surface area is 109 Å². The minimum atomic E-state index is -1.06. The first-order chi connectivity index (χ1) is 8.04. The highest BCUT2D eigenvalue weighted by atomic mass is 35.5. The maximum Gasteiger partial charge on any atom is 0.337 e. The Hall–Kier alpha value is -1.59. The van der Waals surface area contributed by atoms with Crippen molar-refractivity contribution in [1.82, 2.24) is 5.32 Å². The van der Waals surface area contributed by atoms with Crippen LogP contribution in [-0.2, 0) is 0 Å². The molecule has 0 radical (unpaired) electrons. The topological polar surface area (TPSA) is 61.4 Å². The third-order valence-corrected chi connectivity index (χ3v) is 2.42. The fourth-order valence-electron chi connectivity index (χ4n) is 1.11. The Morgan fingerprint density at radius 1 is 1.59 bits per heavy atom. The van der Waals surface area contributed by atoms with Crippen LogP contribution in [0.4, 0.5) is 5.69 Å². The van der Waals surface area contributed by atoms with Crippen LogP contribution in [0.5, 0.6) is 0 Å². The number of halogens is 1. The number of hydrogen-bond donors (Lipinski definition) is 3. The first-order valence-corrected chi connectivity index (χ1v) is 5.52. The second-order valence-electron chi connectivity index (χ2n) is 3.12. The molecule has 0 heterocycles. The van der Waals surface area contributed by atoms with Gasteiger partial charge in [-0.25, -0.2) is 4.79 Å². The van der Waals surface area contributed by atoms with E-state index in [0.717, 1.165) is 0 Å². The first-order valence-electron chi connectivity index (χ1n) is 4.73.